The summed E-state index contributed by atoms with van der Waals surface area (Å²) in [4.78, 5) is 35.0. The predicted octanol–water partition coefficient (Wildman–Crippen LogP) is 3.94. The number of rotatable bonds is 5. The summed E-state index contributed by atoms with van der Waals surface area (Å²) in [5, 5.41) is 0. The van der Waals surface area contributed by atoms with Crippen LogP contribution in [-0.2, 0) is 11.3 Å². The van der Waals surface area contributed by atoms with Crippen molar-refractivity contribution in [1.29, 1.82) is 0 Å². The monoisotopic (exact) mass is 450 g/mol. The first kappa shape index (κ1) is 21.3. The zero-order valence-corrected chi connectivity index (χ0v) is 19.1. The van der Waals surface area contributed by atoms with Crippen molar-refractivity contribution in [3.8, 4) is 0 Å². The van der Waals surface area contributed by atoms with E-state index in [2.05, 4.69) is 0 Å². The number of amides is 1. The number of thioether (sulfide) groups is 1. The third kappa shape index (κ3) is 4.13. The van der Waals surface area contributed by atoms with Crippen molar-refractivity contribution >= 4 is 51.7 Å². The molecule has 0 aliphatic carbocycles. The summed E-state index contributed by atoms with van der Waals surface area (Å²) in [6, 6.07) is 15.3. The maximum Gasteiger partial charge on any atom is 0.267 e. The quantitative estimate of drug-likeness (QED) is 0.434. The third-order valence-electron chi connectivity index (χ3n) is 4.99. The van der Waals surface area contributed by atoms with Crippen molar-refractivity contribution in [2.45, 2.75) is 26.4 Å². The topological polar surface area (TPSA) is 57.9 Å². The molecular weight excluding hydrogens is 428 g/mol. The molecule has 0 unspecified atom stereocenters. The minimum Gasteiger partial charge on any atom is -0.355 e. The summed E-state index contributed by atoms with van der Waals surface area (Å²) in [7, 11) is 1.89. The first-order valence-corrected chi connectivity index (χ1v) is 11.1. The third-order valence-corrected chi connectivity index (χ3v) is 6.32. The lowest BCUT2D eigenvalue weighted by Gasteiger charge is -2.21. The van der Waals surface area contributed by atoms with Crippen molar-refractivity contribution in [1.82, 2.24) is 14.3 Å². The van der Waals surface area contributed by atoms with E-state index in [1.807, 2.05) is 62.2 Å². The molecule has 0 spiro atoms. The Balaban J connectivity index is 1.84. The Morgan fingerprint density at radius 3 is 2.52 bits per heavy atom. The fraction of sp³-hybridized carbons (Fsp3) is 0.217. The van der Waals surface area contributed by atoms with Gasteiger partial charge in [0.25, 0.3) is 11.5 Å². The lowest BCUT2D eigenvalue weighted by atomic mass is 10.2. The van der Waals surface area contributed by atoms with Gasteiger partial charge in [-0.3, -0.25) is 18.9 Å². The first-order valence-electron chi connectivity index (χ1n) is 9.90. The van der Waals surface area contributed by atoms with Crippen molar-refractivity contribution in [2.75, 3.05) is 11.9 Å². The standard InChI is InChI=1S/C23H22N4O2S2/c1-15(2)27-22(29)18(31-23(27)30)13-17-20(25(3)14-16-9-5-4-6-10-16)24-19-11-7-8-12-26(19)21(17)28/h4-13,15H,14H2,1-3H3/b18-13+. The molecule has 1 saturated heterocycles. The summed E-state index contributed by atoms with van der Waals surface area (Å²) in [6.45, 7) is 4.41. The number of nitrogens with zero attached hydrogens (tertiary/aromatic N) is 4. The number of carbonyl (C=O) groups excluding carboxylic acids is 1. The first-order chi connectivity index (χ1) is 14.9. The molecule has 6 nitrogen and oxygen atoms in total. The molecular formula is C23H22N4O2S2. The van der Waals surface area contributed by atoms with Gasteiger partial charge in [-0.05, 0) is 37.6 Å². The predicted molar refractivity (Wildman–Crippen MR) is 130 cm³/mol. The molecule has 3 aromatic rings. The zero-order valence-electron chi connectivity index (χ0n) is 17.5. The van der Waals surface area contributed by atoms with E-state index in [-0.39, 0.29) is 17.5 Å². The summed E-state index contributed by atoms with van der Waals surface area (Å²) in [5.74, 6) is 0.342. The molecule has 1 fully saturated rings. The second kappa shape index (κ2) is 8.64. The number of hydrogen-bond donors (Lipinski definition) is 0. The van der Waals surface area contributed by atoms with Crippen LogP contribution in [0.5, 0.6) is 0 Å². The van der Waals surface area contributed by atoms with Gasteiger partial charge >= 0.3 is 0 Å². The SMILES string of the molecule is CC(C)N1C(=O)/C(=C\c2c(N(C)Cc3ccccc3)nc3ccccn3c2=O)SC1=S. The smallest absolute Gasteiger partial charge is 0.267 e. The van der Waals surface area contributed by atoms with E-state index >= 15 is 0 Å². The molecule has 0 bridgehead atoms. The maximum absolute atomic E-state index is 13.4. The van der Waals surface area contributed by atoms with E-state index in [1.54, 1.807) is 29.3 Å². The molecule has 3 heterocycles. The number of aromatic nitrogens is 2. The number of carbonyl (C=O) groups is 1. The molecule has 1 aliphatic rings. The van der Waals surface area contributed by atoms with Crippen LogP contribution in [0.25, 0.3) is 11.7 Å². The van der Waals surface area contributed by atoms with E-state index in [0.29, 0.717) is 32.8 Å². The highest BCUT2D eigenvalue weighted by Crippen LogP contribution is 2.34. The van der Waals surface area contributed by atoms with Crippen LogP contribution in [0.2, 0.25) is 0 Å². The van der Waals surface area contributed by atoms with Crippen molar-refractivity contribution in [3.05, 3.63) is 81.1 Å². The van der Waals surface area contributed by atoms with E-state index in [1.165, 1.54) is 16.2 Å². The summed E-state index contributed by atoms with van der Waals surface area (Å²) in [6.07, 6.45) is 3.32. The molecule has 158 valence electrons. The molecule has 0 radical (unpaired) electrons. The van der Waals surface area contributed by atoms with Gasteiger partial charge in [0.05, 0.1) is 10.5 Å². The summed E-state index contributed by atoms with van der Waals surface area (Å²) in [5.41, 5.74) is 1.79. The van der Waals surface area contributed by atoms with Gasteiger partial charge in [-0.15, -0.1) is 0 Å². The number of hydrogen-bond acceptors (Lipinski definition) is 6. The fourth-order valence-corrected chi connectivity index (χ4v) is 5.00. The Morgan fingerprint density at radius 2 is 1.84 bits per heavy atom. The lowest BCUT2D eigenvalue weighted by Crippen LogP contribution is -2.34. The van der Waals surface area contributed by atoms with E-state index in [0.717, 1.165) is 5.56 Å². The van der Waals surface area contributed by atoms with Crippen LogP contribution in [0.15, 0.2) is 64.4 Å². The minimum atomic E-state index is -0.227. The number of pyridine rings is 1. The van der Waals surface area contributed by atoms with Crippen molar-refractivity contribution in [3.63, 3.8) is 0 Å². The van der Waals surface area contributed by atoms with E-state index in [4.69, 9.17) is 17.2 Å². The van der Waals surface area contributed by atoms with E-state index < -0.39 is 0 Å². The van der Waals surface area contributed by atoms with E-state index in [9.17, 15) is 9.59 Å². The second-order valence-corrected chi connectivity index (χ2v) is 9.25. The zero-order chi connectivity index (χ0) is 22.1. The highest BCUT2D eigenvalue weighted by atomic mass is 32.2. The minimum absolute atomic E-state index is 0.0468. The van der Waals surface area contributed by atoms with Gasteiger partial charge in [-0.2, -0.15) is 0 Å². The normalized spacial score (nSPS) is 15.5. The Hall–Kier alpha value is -2.97. The molecule has 1 aromatic carbocycles. The second-order valence-electron chi connectivity index (χ2n) is 7.57. The molecule has 0 atom stereocenters. The van der Waals surface area contributed by atoms with Crippen LogP contribution < -0.4 is 10.5 Å². The number of benzene rings is 1. The van der Waals surface area contributed by atoms with Crippen LogP contribution in [0.1, 0.15) is 25.0 Å². The highest BCUT2D eigenvalue weighted by Gasteiger charge is 2.34. The van der Waals surface area contributed by atoms with Gasteiger partial charge in [0, 0.05) is 25.8 Å². The Kier molecular flexibility index (Phi) is 5.93. The van der Waals surface area contributed by atoms with Crippen molar-refractivity contribution in [2.24, 2.45) is 0 Å². The van der Waals surface area contributed by atoms with Gasteiger partial charge < -0.3 is 4.90 Å². The Morgan fingerprint density at radius 1 is 1.13 bits per heavy atom. The molecule has 1 aliphatic heterocycles. The number of thiocarbonyl (C=S) groups is 1. The number of anilines is 1. The Bertz CT molecular complexity index is 1250. The van der Waals surface area contributed by atoms with Gasteiger partial charge in [0.1, 0.15) is 15.8 Å². The molecule has 31 heavy (non-hydrogen) atoms. The van der Waals surface area contributed by atoms with Crippen LogP contribution in [-0.4, -0.2) is 37.6 Å². The molecule has 2 aromatic heterocycles. The van der Waals surface area contributed by atoms with Gasteiger partial charge in [0.2, 0.25) is 0 Å². The Labute approximate surface area is 190 Å². The van der Waals surface area contributed by atoms with Gasteiger partial charge in [-0.1, -0.05) is 60.4 Å². The molecule has 1 amide bonds. The van der Waals surface area contributed by atoms with Crippen LogP contribution in [0.4, 0.5) is 5.82 Å². The highest BCUT2D eigenvalue weighted by molar-refractivity contribution is 8.26. The number of fused-ring (bicyclic) bond motifs is 1. The van der Waals surface area contributed by atoms with Gasteiger partial charge in [0.15, 0.2) is 0 Å². The molecule has 4 rings (SSSR count). The van der Waals surface area contributed by atoms with Crippen LogP contribution in [0.3, 0.4) is 0 Å². The summed E-state index contributed by atoms with van der Waals surface area (Å²) >= 11 is 6.60. The van der Waals surface area contributed by atoms with Crippen LogP contribution >= 0.6 is 24.0 Å². The maximum atomic E-state index is 13.4. The molecule has 0 N–H and O–H groups in total. The lowest BCUT2D eigenvalue weighted by molar-refractivity contribution is -0.123. The average molecular weight is 451 g/mol. The largest absolute Gasteiger partial charge is 0.355 e. The van der Waals surface area contributed by atoms with Crippen LogP contribution in [0, 0.1) is 0 Å². The fourth-order valence-electron chi connectivity index (χ4n) is 3.50. The molecule has 8 heteroatoms. The summed E-state index contributed by atoms with van der Waals surface area (Å²) < 4.78 is 1.99. The molecule has 0 saturated carbocycles. The van der Waals surface area contributed by atoms with Crippen molar-refractivity contribution < 1.29 is 4.79 Å². The van der Waals surface area contributed by atoms with Gasteiger partial charge in [-0.25, -0.2) is 4.98 Å². The average Bonchev–Trinajstić information content (AvgIpc) is 3.03.